The minimum atomic E-state index is 0.607. The highest BCUT2D eigenvalue weighted by molar-refractivity contribution is 5.93. The van der Waals surface area contributed by atoms with E-state index in [4.69, 9.17) is 9.47 Å². The van der Waals surface area contributed by atoms with Gasteiger partial charge in [-0.25, -0.2) is 0 Å². The first-order valence-corrected chi connectivity index (χ1v) is 7.63. The molecule has 5 heteroatoms. The molecule has 2 N–H and O–H groups in total. The fourth-order valence-corrected chi connectivity index (χ4v) is 1.99. The van der Waals surface area contributed by atoms with E-state index in [2.05, 4.69) is 22.5 Å². The van der Waals surface area contributed by atoms with Gasteiger partial charge < -0.3 is 20.1 Å². The highest BCUT2D eigenvalue weighted by Crippen LogP contribution is 2.30. The largest absolute Gasteiger partial charge is 0.493 e. The lowest BCUT2D eigenvalue weighted by molar-refractivity contribution is 0.311. The van der Waals surface area contributed by atoms with Crippen molar-refractivity contribution < 1.29 is 9.47 Å². The Morgan fingerprint density at radius 3 is 2.71 bits per heavy atom. The maximum Gasteiger partial charge on any atom is 0.195 e. The van der Waals surface area contributed by atoms with E-state index in [1.54, 1.807) is 7.11 Å². The van der Waals surface area contributed by atoms with Gasteiger partial charge in [-0.3, -0.25) is 4.99 Å². The number of anilines is 1. The fourth-order valence-electron chi connectivity index (χ4n) is 1.99. The van der Waals surface area contributed by atoms with E-state index < -0.39 is 0 Å². The third kappa shape index (κ3) is 4.85. The Balaban J connectivity index is 2.07. The van der Waals surface area contributed by atoms with Crippen LogP contribution in [0.1, 0.15) is 26.7 Å². The third-order valence-electron chi connectivity index (χ3n) is 3.27. The number of ether oxygens (including phenoxy) is 2. The van der Waals surface area contributed by atoms with Crippen LogP contribution in [0.15, 0.2) is 23.2 Å². The van der Waals surface area contributed by atoms with Gasteiger partial charge in [0.2, 0.25) is 0 Å². The van der Waals surface area contributed by atoms with Crippen LogP contribution >= 0.6 is 0 Å². The SMILES string of the molecule is CCNC(=NCC1CC1)Nc1ccc(OC)c(OCC)c1. The summed E-state index contributed by atoms with van der Waals surface area (Å²) in [6, 6.07) is 5.80. The second-order valence-electron chi connectivity index (χ2n) is 5.09. The normalized spacial score (nSPS) is 14.7. The first-order chi connectivity index (χ1) is 10.3. The van der Waals surface area contributed by atoms with Crippen LogP contribution in [0.25, 0.3) is 0 Å². The first kappa shape index (κ1) is 15.5. The first-order valence-electron chi connectivity index (χ1n) is 7.63. The van der Waals surface area contributed by atoms with Crippen molar-refractivity contribution in [2.45, 2.75) is 26.7 Å². The van der Waals surface area contributed by atoms with E-state index in [0.717, 1.165) is 42.2 Å². The smallest absolute Gasteiger partial charge is 0.195 e. The van der Waals surface area contributed by atoms with E-state index in [0.29, 0.717) is 6.61 Å². The molecule has 21 heavy (non-hydrogen) atoms. The van der Waals surface area contributed by atoms with E-state index in [-0.39, 0.29) is 0 Å². The lowest BCUT2D eigenvalue weighted by Crippen LogP contribution is -2.30. The van der Waals surface area contributed by atoms with Gasteiger partial charge >= 0.3 is 0 Å². The molecule has 0 radical (unpaired) electrons. The summed E-state index contributed by atoms with van der Waals surface area (Å²) >= 11 is 0. The molecule has 1 saturated carbocycles. The van der Waals surface area contributed by atoms with E-state index >= 15 is 0 Å². The van der Waals surface area contributed by atoms with Crippen LogP contribution in [0, 0.1) is 5.92 Å². The Morgan fingerprint density at radius 2 is 2.10 bits per heavy atom. The molecule has 0 spiro atoms. The van der Waals surface area contributed by atoms with Gasteiger partial charge in [0.25, 0.3) is 0 Å². The van der Waals surface area contributed by atoms with Crippen LogP contribution in [-0.2, 0) is 0 Å². The molecule has 0 unspecified atom stereocenters. The summed E-state index contributed by atoms with van der Waals surface area (Å²) in [5.41, 5.74) is 0.940. The highest BCUT2D eigenvalue weighted by atomic mass is 16.5. The molecule has 0 aromatic heterocycles. The summed E-state index contributed by atoms with van der Waals surface area (Å²) in [7, 11) is 1.64. The summed E-state index contributed by atoms with van der Waals surface area (Å²) in [6.45, 7) is 6.36. The van der Waals surface area contributed by atoms with Gasteiger partial charge in [-0.1, -0.05) is 0 Å². The van der Waals surface area contributed by atoms with Crippen molar-refractivity contribution in [2.75, 3.05) is 32.1 Å². The number of guanidine groups is 1. The summed E-state index contributed by atoms with van der Waals surface area (Å²) in [6.07, 6.45) is 2.61. The van der Waals surface area contributed by atoms with Crippen molar-refractivity contribution in [1.29, 1.82) is 0 Å². The van der Waals surface area contributed by atoms with Gasteiger partial charge in [0, 0.05) is 24.8 Å². The summed E-state index contributed by atoms with van der Waals surface area (Å²) in [5.74, 6) is 3.07. The zero-order valence-corrected chi connectivity index (χ0v) is 13.1. The zero-order chi connectivity index (χ0) is 15.1. The minimum Gasteiger partial charge on any atom is -0.493 e. The Kier molecular flexibility index (Phi) is 5.72. The summed E-state index contributed by atoms with van der Waals surface area (Å²) in [5, 5.41) is 6.58. The van der Waals surface area contributed by atoms with E-state index in [9.17, 15) is 0 Å². The average Bonchev–Trinajstić information content (AvgIpc) is 3.30. The van der Waals surface area contributed by atoms with Gasteiger partial charge in [0.05, 0.1) is 13.7 Å². The zero-order valence-electron chi connectivity index (χ0n) is 13.1. The van der Waals surface area contributed by atoms with Gasteiger partial charge in [-0.15, -0.1) is 0 Å². The molecule has 1 aliphatic rings. The second-order valence-corrected chi connectivity index (χ2v) is 5.09. The number of nitrogens with zero attached hydrogens (tertiary/aromatic N) is 1. The molecule has 1 fully saturated rings. The maximum atomic E-state index is 5.59. The molecule has 0 heterocycles. The number of benzene rings is 1. The number of nitrogens with one attached hydrogen (secondary N) is 2. The molecular formula is C16H25N3O2. The molecule has 0 amide bonds. The van der Waals surface area contributed by atoms with Crippen LogP contribution in [0.3, 0.4) is 0 Å². The van der Waals surface area contributed by atoms with Gasteiger partial charge in [-0.2, -0.15) is 0 Å². The van der Waals surface area contributed by atoms with E-state index in [1.807, 2.05) is 25.1 Å². The Labute approximate surface area is 126 Å². The average molecular weight is 291 g/mol. The maximum absolute atomic E-state index is 5.59. The Hall–Kier alpha value is -1.91. The van der Waals surface area contributed by atoms with Crippen LogP contribution in [0.4, 0.5) is 5.69 Å². The lowest BCUT2D eigenvalue weighted by atomic mass is 10.2. The standard InChI is InChI=1S/C16H25N3O2/c1-4-17-16(18-11-12-6-7-12)19-13-8-9-14(20-3)15(10-13)21-5-2/h8-10,12H,4-7,11H2,1-3H3,(H2,17,18,19). The molecule has 116 valence electrons. The van der Waals surface area contributed by atoms with Crippen molar-refractivity contribution in [2.24, 2.45) is 10.9 Å². The highest BCUT2D eigenvalue weighted by Gasteiger charge is 2.20. The monoisotopic (exact) mass is 291 g/mol. The van der Waals surface area contributed by atoms with E-state index in [1.165, 1.54) is 12.8 Å². The summed E-state index contributed by atoms with van der Waals surface area (Å²) in [4.78, 5) is 4.61. The van der Waals surface area contributed by atoms with Crippen molar-refractivity contribution >= 4 is 11.6 Å². The van der Waals surface area contributed by atoms with Crippen molar-refractivity contribution in [1.82, 2.24) is 5.32 Å². The molecular weight excluding hydrogens is 266 g/mol. The topological polar surface area (TPSA) is 54.9 Å². The predicted octanol–water partition coefficient (Wildman–Crippen LogP) is 2.88. The van der Waals surface area contributed by atoms with Crippen LogP contribution in [0.2, 0.25) is 0 Å². The fraction of sp³-hybridized carbons (Fsp3) is 0.562. The quantitative estimate of drug-likeness (QED) is 0.599. The molecule has 1 aliphatic carbocycles. The molecule has 5 nitrogen and oxygen atoms in total. The number of rotatable bonds is 7. The second kappa shape index (κ2) is 7.76. The molecule has 0 atom stereocenters. The Bertz CT molecular complexity index is 484. The molecule has 1 aromatic carbocycles. The number of aliphatic imine (C=N–C) groups is 1. The van der Waals surface area contributed by atoms with Gasteiger partial charge in [0.15, 0.2) is 17.5 Å². The van der Waals surface area contributed by atoms with Crippen molar-refractivity contribution in [3.8, 4) is 11.5 Å². The Morgan fingerprint density at radius 1 is 1.29 bits per heavy atom. The molecule has 0 saturated heterocycles. The minimum absolute atomic E-state index is 0.607. The number of hydrogen-bond donors (Lipinski definition) is 2. The van der Waals surface area contributed by atoms with Crippen molar-refractivity contribution in [3.05, 3.63) is 18.2 Å². The molecule has 0 aliphatic heterocycles. The van der Waals surface area contributed by atoms with Crippen LogP contribution in [0.5, 0.6) is 11.5 Å². The van der Waals surface area contributed by atoms with Gasteiger partial charge in [-0.05, 0) is 44.7 Å². The molecule has 0 bridgehead atoms. The molecule has 1 aromatic rings. The third-order valence-corrected chi connectivity index (χ3v) is 3.27. The predicted molar refractivity (Wildman–Crippen MR) is 86.5 cm³/mol. The lowest BCUT2D eigenvalue weighted by Gasteiger charge is -2.14. The van der Waals surface area contributed by atoms with Crippen molar-refractivity contribution in [3.63, 3.8) is 0 Å². The van der Waals surface area contributed by atoms with Gasteiger partial charge in [0.1, 0.15) is 0 Å². The summed E-state index contributed by atoms with van der Waals surface area (Å²) < 4.78 is 10.9. The number of hydrogen-bond acceptors (Lipinski definition) is 3. The molecule has 2 rings (SSSR count). The van der Waals surface area contributed by atoms with Crippen LogP contribution in [-0.4, -0.2) is 32.8 Å². The van der Waals surface area contributed by atoms with Crippen LogP contribution < -0.4 is 20.1 Å². The number of methoxy groups -OCH3 is 1.